The van der Waals surface area contributed by atoms with Crippen molar-refractivity contribution in [3.05, 3.63) is 29.3 Å². The number of rotatable bonds is 6. The highest BCUT2D eigenvalue weighted by Crippen LogP contribution is 2.28. The molecular weight excluding hydrogens is 330 g/mol. The number of carbonyl (C=O) groups is 1. The van der Waals surface area contributed by atoms with Gasteiger partial charge < -0.3 is 4.74 Å². The summed E-state index contributed by atoms with van der Waals surface area (Å²) in [6.07, 6.45) is -0.610. The lowest BCUT2D eigenvalue weighted by Gasteiger charge is -2.14. The second kappa shape index (κ2) is 7.79. The predicted molar refractivity (Wildman–Crippen MR) is 95.5 cm³/mol. The number of aryl methyl sites for hydroxylation is 2. The van der Waals surface area contributed by atoms with Crippen LogP contribution in [-0.2, 0) is 4.79 Å². The van der Waals surface area contributed by atoms with Crippen molar-refractivity contribution in [3.8, 4) is 5.75 Å². The van der Waals surface area contributed by atoms with Crippen molar-refractivity contribution in [3.63, 3.8) is 0 Å². The fraction of sp³-hybridized carbons (Fsp3) is 0.438. The highest BCUT2D eigenvalue weighted by atomic mass is 32.2. The Morgan fingerprint density at radius 2 is 1.83 bits per heavy atom. The SMILES string of the molecule is Cc1cc(C)cc(O[C@H](C)C(=O)Nc2nnc(SC(C)C)s2)c1. The lowest BCUT2D eigenvalue weighted by molar-refractivity contribution is -0.122. The second-order valence-electron chi connectivity index (χ2n) is 5.61. The number of nitrogens with zero attached hydrogens (tertiary/aromatic N) is 2. The summed E-state index contributed by atoms with van der Waals surface area (Å²) >= 11 is 2.99. The van der Waals surface area contributed by atoms with Crippen molar-refractivity contribution in [2.75, 3.05) is 5.32 Å². The van der Waals surface area contributed by atoms with E-state index in [0.29, 0.717) is 16.1 Å². The molecule has 0 aliphatic carbocycles. The minimum absolute atomic E-state index is 0.235. The summed E-state index contributed by atoms with van der Waals surface area (Å²) in [5.41, 5.74) is 2.21. The topological polar surface area (TPSA) is 64.1 Å². The van der Waals surface area contributed by atoms with Crippen molar-refractivity contribution < 1.29 is 9.53 Å². The second-order valence-corrected chi connectivity index (χ2v) is 8.41. The normalized spacial score (nSPS) is 12.3. The number of benzene rings is 1. The van der Waals surface area contributed by atoms with Crippen LogP contribution in [0.2, 0.25) is 0 Å². The standard InChI is InChI=1S/C16H21N3O2S2/c1-9(2)22-16-19-18-15(23-16)17-14(20)12(5)21-13-7-10(3)6-11(4)8-13/h6-9,12H,1-5H3,(H,17,18,20)/t12-/m1/s1. The molecule has 23 heavy (non-hydrogen) atoms. The molecule has 0 radical (unpaired) electrons. The quantitative estimate of drug-likeness (QED) is 0.628. The van der Waals surface area contributed by atoms with E-state index in [1.54, 1.807) is 18.7 Å². The van der Waals surface area contributed by atoms with Gasteiger partial charge in [-0.3, -0.25) is 10.1 Å². The molecule has 0 saturated heterocycles. The molecule has 124 valence electrons. The van der Waals surface area contributed by atoms with Gasteiger partial charge in [-0.05, 0) is 44.0 Å². The van der Waals surface area contributed by atoms with E-state index in [9.17, 15) is 4.79 Å². The molecule has 5 nitrogen and oxygen atoms in total. The van der Waals surface area contributed by atoms with E-state index in [-0.39, 0.29) is 5.91 Å². The highest BCUT2D eigenvalue weighted by Gasteiger charge is 2.17. The van der Waals surface area contributed by atoms with Crippen LogP contribution >= 0.6 is 23.1 Å². The maximum Gasteiger partial charge on any atom is 0.266 e. The number of carbonyl (C=O) groups excluding carboxylic acids is 1. The summed E-state index contributed by atoms with van der Waals surface area (Å²) in [5, 5.41) is 11.7. The predicted octanol–water partition coefficient (Wildman–Crippen LogP) is 4.06. The number of ether oxygens (including phenoxy) is 1. The minimum atomic E-state index is -0.610. The van der Waals surface area contributed by atoms with Gasteiger partial charge in [-0.1, -0.05) is 43.0 Å². The number of hydrogen-bond donors (Lipinski definition) is 1. The molecule has 1 heterocycles. The van der Waals surface area contributed by atoms with Gasteiger partial charge in [0, 0.05) is 5.25 Å². The minimum Gasteiger partial charge on any atom is -0.481 e. The van der Waals surface area contributed by atoms with Crippen LogP contribution in [0.4, 0.5) is 5.13 Å². The summed E-state index contributed by atoms with van der Waals surface area (Å²) < 4.78 is 6.57. The zero-order chi connectivity index (χ0) is 17.0. The first kappa shape index (κ1) is 17.7. The van der Waals surface area contributed by atoms with Gasteiger partial charge in [0.2, 0.25) is 5.13 Å². The third kappa shape index (κ3) is 5.51. The van der Waals surface area contributed by atoms with Crippen LogP contribution in [0.3, 0.4) is 0 Å². The van der Waals surface area contributed by atoms with Gasteiger partial charge in [-0.15, -0.1) is 10.2 Å². The molecule has 1 aromatic heterocycles. The molecule has 2 aromatic rings. The van der Waals surface area contributed by atoms with Crippen LogP contribution in [0.25, 0.3) is 0 Å². The van der Waals surface area contributed by atoms with Crippen LogP contribution in [0.15, 0.2) is 22.5 Å². The van der Waals surface area contributed by atoms with E-state index in [1.165, 1.54) is 11.3 Å². The Hall–Kier alpha value is -1.60. The molecule has 0 saturated carbocycles. The Labute approximate surface area is 144 Å². The van der Waals surface area contributed by atoms with Crippen molar-refractivity contribution in [2.24, 2.45) is 0 Å². The van der Waals surface area contributed by atoms with Gasteiger partial charge in [0.1, 0.15) is 5.75 Å². The van der Waals surface area contributed by atoms with E-state index in [1.807, 2.05) is 26.0 Å². The third-order valence-electron chi connectivity index (χ3n) is 2.85. The van der Waals surface area contributed by atoms with Crippen LogP contribution < -0.4 is 10.1 Å². The monoisotopic (exact) mass is 351 g/mol. The molecule has 1 N–H and O–H groups in total. The summed E-state index contributed by atoms with van der Waals surface area (Å²) in [6, 6.07) is 5.89. The maximum atomic E-state index is 12.2. The number of aromatic nitrogens is 2. The van der Waals surface area contributed by atoms with E-state index in [4.69, 9.17) is 4.74 Å². The lowest BCUT2D eigenvalue weighted by Crippen LogP contribution is -2.30. The van der Waals surface area contributed by atoms with Crippen LogP contribution in [0, 0.1) is 13.8 Å². The fourth-order valence-electron chi connectivity index (χ4n) is 1.98. The zero-order valence-corrected chi connectivity index (χ0v) is 15.5. The highest BCUT2D eigenvalue weighted by molar-refractivity contribution is 8.01. The van der Waals surface area contributed by atoms with E-state index < -0.39 is 6.10 Å². The van der Waals surface area contributed by atoms with Crippen LogP contribution in [0.1, 0.15) is 31.9 Å². The first-order valence-corrected chi connectivity index (χ1v) is 9.09. The molecule has 0 bridgehead atoms. The molecule has 7 heteroatoms. The molecular formula is C16H21N3O2S2. The summed E-state index contributed by atoms with van der Waals surface area (Å²) in [7, 11) is 0. The number of anilines is 1. The summed E-state index contributed by atoms with van der Waals surface area (Å²) in [6.45, 7) is 9.89. The third-order valence-corrected chi connectivity index (χ3v) is 4.78. The van der Waals surface area contributed by atoms with Crippen LogP contribution in [0.5, 0.6) is 5.75 Å². The lowest BCUT2D eigenvalue weighted by atomic mass is 10.1. The molecule has 0 spiro atoms. The Morgan fingerprint density at radius 3 is 2.43 bits per heavy atom. The maximum absolute atomic E-state index is 12.2. The molecule has 0 aliphatic heterocycles. The molecule has 1 amide bonds. The van der Waals surface area contributed by atoms with Crippen LogP contribution in [-0.4, -0.2) is 27.5 Å². The smallest absolute Gasteiger partial charge is 0.266 e. The van der Waals surface area contributed by atoms with Crippen molar-refractivity contribution in [1.29, 1.82) is 0 Å². The molecule has 0 aliphatic rings. The van der Waals surface area contributed by atoms with E-state index in [2.05, 4.69) is 35.4 Å². The number of thioether (sulfide) groups is 1. The molecule has 0 fully saturated rings. The fourth-order valence-corrected chi connectivity index (χ4v) is 3.95. The first-order chi connectivity index (χ1) is 10.8. The average Bonchev–Trinajstić information content (AvgIpc) is 2.83. The molecule has 1 atom stereocenters. The van der Waals surface area contributed by atoms with Gasteiger partial charge in [0.05, 0.1) is 0 Å². The Bertz CT molecular complexity index is 665. The van der Waals surface area contributed by atoms with Gasteiger partial charge in [-0.2, -0.15) is 0 Å². The average molecular weight is 351 g/mol. The van der Waals surface area contributed by atoms with Gasteiger partial charge >= 0.3 is 0 Å². The van der Waals surface area contributed by atoms with Gasteiger partial charge in [-0.25, -0.2) is 0 Å². The number of nitrogens with one attached hydrogen (secondary N) is 1. The van der Waals surface area contributed by atoms with Crippen molar-refractivity contribution in [2.45, 2.75) is 50.3 Å². The summed E-state index contributed by atoms with van der Waals surface area (Å²) in [5.74, 6) is 0.458. The molecule has 1 aromatic carbocycles. The van der Waals surface area contributed by atoms with Gasteiger partial charge in [0.25, 0.3) is 5.91 Å². The molecule has 2 rings (SSSR count). The van der Waals surface area contributed by atoms with Gasteiger partial charge in [0.15, 0.2) is 10.4 Å². The van der Waals surface area contributed by atoms with E-state index >= 15 is 0 Å². The molecule has 0 unspecified atom stereocenters. The number of amides is 1. The number of hydrogen-bond acceptors (Lipinski definition) is 6. The zero-order valence-electron chi connectivity index (χ0n) is 13.9. The largest absolute Gasteiger partial charge is 0.481 e. The van der Waals surface area contributed by atoms with E-state index in [0.717, 1.165) is 15.5 Å². The Kier molecular flexibility index (Phi) is 6.01. The summed E-state index contributed by atoms with van der Waals surface area (Å²) in [4.78, 5) is 12.2. The first-order valence-electron chi connectivity index (χ1n) is 7.39. The Morgan fingerprint density at radius 1 is 1.17 bits per heavy atom. The van der Waals surface area contributed by atoms with Crippen molar-refractivity contribution >= 4 is 34.1 Å². The Balaban J connectivity index is 1.95. The van der Waals surface area contributed by atoms with Crippen molar-refractivity contribution in [1.82, 2.24) is 10.2 Å².